The number of nitrogens with zero attached hydrogens (tertiary/aromatic N) is 1. The number of pyridine rings is 1. The van der Waals surface area contributed by atoms with Gasteiger partial charge in [0.05, 0.1) is 7.11 Å². The van der Waals surface area contributed by atoms with Crippen molar-refractivity contribution in [1.29, 1.82) is 0 Å². The highest BCUT2D eigenvalue weighted by atomic mass is 16.5. The third-order valence-corrected chi connectivity index (χ3v) is 2.96. The Balaban J connectivity index is 2.17. The van der Waals surface area contributed by atoms with Gasteiger partial charge in [-0.2, -0.15) is 0 Å². The van der Waals surface area contributed by atoms with Crippen molar-refractivity contribution < 1.29 is 4.74 Å². The van der Waals surface area contributed by atoms with Crippen molar-refractivity contribution in [2.24, 2.45) is 0 Å². The third kappa shape index (κ3) is 2.29. The molecule has 1 aliphatic rings. The number of hydrogen-bond acceptors (Lipinski definition) is 3. The largest absolute Gasteiger partial charge is 0.481 e. The average molecular weight is 206 g/mol. The first-order valence-corrected chi connectivity index (χ1v) is 5.55. The summed E-state index contributed by atoms with van der Waals surface area (Å²) in [6.07, 6.45) is 5.74. The van der Waals surface area contributed by atoms with Crippen LogP contribution in [0.4, 0.5) is 0 Å². The first kappa shape index (κ1) is 10.4. The van der Waals surface area contributed by atoms with E-state index in [2.05, 4.69) is 16.4 Å². The Morgan fingerprint density at radius 2 is 2.33 bits per heavy atom. The van der Waals surface area contributed by atoms with E-state index in [0.29, 0.717) is 6.04 Å². The molecule has 15 heavy (non-hydrogen) atoms. The number of aromatic nitrogens is 1. The van der Waals surface area contributed by atoms with E-state index in [1.807, 2.05) is 13.1 Å². The van der Waals surface area contributed by atoms with Gasteiger partial charge in [-0.25, -0.2) is 4.98 Å². The molecule has 1 aliphatic heterocycles. The quantitative estimate of drug-likeness (QED) is 0.805. The maximum Gasteiger partial charge on any atom is 0.215 e. The second kappa shape index (κ2) is 4.62. The van der Waals surface area contributed by atoms with E-state index in [1.165, 1.54) is 24.8 Å². The lowest BCUT2D eigenvalue weighted by atomic mass is 9.98. The predicted octanol–water partition coefficient (Wildman–Crippen LogP) is 2.21. The molecule has 82 valence electrons. The fourth-order valence-electron chi connectivity index (χ4n) is 2.12. The molecular weight excluding hydrogens is 188 g/mol. The van der Waals surface area contributed by atoms with E-state index in [9.17, 15) is 0 Å². The summed E-state index contributed by atoms with van der Waals surface area (Å²) in [4.78, 5) is 4.31. The number of methoxy groups -OCH3 is 1. The number of rotatable bonds is 2. The Labute approximate surface area is 90.9 Å². The molecule has 1 saturated heterocycles. The zero-order valence-electron chi connectivity index (χ0n) is 9.42. The van der Waals surface area contributed by atoms with E-state index in [1.54, 1.807) is 7.11 Å². The molecule has 1 aromatic rings. The lowest BCUT2D eigenvalue weighted by Crippen LogP contribution is -2.26. The Morgan fingerprint density at radius 1 is 1.47 bits per heavy atom. The summed E-state index contributed by atoms with van der Waals surface area (Å²) >= 11 is 0. The first-order valence-electron chi connectivity index (χ1n) is 5.55. The van der Waals surface area contributed by atoms with Crippen LogP contribution in [0.5, 0.6) is 5.88 Å². The van der Waals surface area contributed by atoms with Crippen molar-refractivity contribution in [2.75, 3.05) is 13.7 Å². The molecule has 0 radical (unpaired) electrons. The van der Waals surface area contributed by atoms with Crippen molar-refractivity contribution in [3.8, 4) is 5.88 Å². The molecular formula is C12H18N2O. The Kier molecular flexibility index (Phi) is 3.21. The van der Waals surface area contributed by atoms with Gasteiger partial charge in [-0.15, -0.1) is 0 Å². The van der Waals surface area contributed by atoms with Crippen molar-refractivity contribution in [3.05, 3.63) is 23.4 Å². The highest BCUT2D eigenvalue weighted by molar-refractivity contribution is 5.30. The van der Waals surface area contributed by atoms with Crippen LogP contribution in [-0.2, 0) is 0 Å². The van der Waals surface area contributed by atoms with Gasteiger partial charge in [0.15, 0.2) is 0 Å². The summed E-state index contributed by atoms with van der Waals surface area (Å²) < 4.78 is 5.16. The van der Waals surface area contributed by atoms with Gasteiger partial charge in [0.25, 0.3) is 0 Å². The van der Waals surface area contributed by atoms with Crippen LogP contribution in [0.2, 0.25) is 0 Å². The second-order valence-corrected chi connectivity index (χ2v) is 4.10. The van der Waals surface area contributed by atoms with Gasteiger partial charge in [0.2, 0.25) is 5.88 Å². The van der Waals surface area contributed by atoms with E-state index in [4.69, 9.17) is 4.74 Å². The maximum atomic E-state index is 5.16. The van der Waals surface area contributed by atoms with E-state index in [-0.39, 0.29) is 0 Å². The summed E-state index contributed by atoms with van der Waals surface area (Å²) in [5.41, 5.74) is 2.40. The van der Waals surface area contributed by atoms with Gasteiger partial charge in [0.1, 0.15) is 0 Å². The summed E-state index contributed by atoms with van der Waals surface area (Å²) in [7, 11) is 1.66. The molecule has 0 bridgehead atoms. The highest BCUT2D eigenvalue weighted by Crippen LogP contribution is 2.25. The van der Waals surface area contributed by atoms with Gasteiger partial charge in [-0.1, -0.05) is 6.42 Å². The fourth-order valence-corrected chi connectivity index (χ4v) is 2.12. The van der Waals surface area contributed by atoms with Crippen molar-refractivity contribution in [3.63, 3.8) is 0 Å². The van der Waals surface area contributed by atoms with E-state index >= 15 is 0 Å². The molecule has 0 unspecified atom stereocenters. The number of ether oxygens (including phenoxy) is 1. The topological polar surface area (TPSA) is 34.1 Å². The zero-order valence-corrected chi connectivity index (χ0v) is 9.42. The highest BCUT2D eigenvalue weighted by Gasteiger charge is 2.15. The fraction of sp³-hybridized carbons (Fsp3) is 0.583. The number of nitrogens with one attached hydrogen (secondary N) is 1. The average Bonchev–Trinajstić information content (AvgIpc) is 2.30. The Bertz CT molecular complexity index is 332. The molecule has 0 amide bonds. The maximum absolute atomic E-state index is 5.16. The van der Waals surface area contributed by atoms with Gasteiger partial charge in [-0.3, -0.25) is 0 Å². The summed E-state index contributed by atoms with van der Waals surface area (Å²) in [6.45, 7) is 3.16. The number of piperidine rings is 1. The van der Waals surface area contributed by atoms with Crippen LogP contribution in [0.25, 0.3) is 0 Å². The molecule has 1 N–H and O–H groups in total. The third-order valence-electron chi connectivity index (χ3n) is 2.96. The standard InChI is InChI=1S/C12H18N2O/c1-9-7-10(8-14-12(9)15-2)11-5-3-4-6-13-11/h7-8,11,13H,3-6H2,1-2H3/t11-/m0/s1. The van der Waals surface area contributed by atoms with Gasteiger partial charge >= 0.3 is 0 Å². The lowest BCUT2D eigenvalue weighted by Gasteiger charge is -2.24. The molecule has 0 spiro atoms. The van der Waals surface area contributed by atoms with Crippen molar-refractivity contribution in [2.45, 2.75) is 32.2 Å². The van der Waals surface area contributed by atoms with Crippen LogP contribution < -0.4 is 10.1 Å². The van der Waals surface area contributed by atoms with Crippen molar-refractivity contribution >= 4 is 0 Å². The summed E-state index contributed by atoms with van der Waals surface area (Å²) in [5.74, 6) is 0.731. The monoisotopic (exact) mass is 206 g/mol. The van der Waals surface area contributed by atoms with Gasteiger partial charge in [-0.05, 0) is 37.9 Å². The minimum atomic E-state index is 0.482. The normalized spacial score (nSPS) is 21.3. The molecule has 1 fully saturated rings. The summed E-state index contributed by atoms with van der Waals surface area (Å²) in [6, 6.07) is 2.66. The van der Waals surface area contributed by atoms with Crippen LogP contribution >= 0.6 is 0 Å². The zero-order chi connectivity index (χ0) is 10.7. The van der Waals surface area contributed by atoms with Crippen LogP contribution in [0.15, 0.2) is 12.3 Å². The predicted molar refractivity (Wildman–Crippen MR) is 60.1 cm³/mol. The molecule has 3 heteroatoms. The first-order chi connectivity index (χ1) is 7.31. The number of hydrogen-bond donors (Lipinski definition) is 1. The lowest BCUT2D eigenvalue weighted by molar-refractivity contribution is 0.389. The SMILES string of the molecule is COc1ncc([C@@H]2CCCCN2)cc1C. The van der Waals surface area contributed by atoms with Gasteiger partial charge in [0, 0.05) is 17.8 Å². The van der Waals surface area contributed by atoms with E-state index in [0.717, 1.165) is 18.0 Å². The van der Waals surface area contributed by atoms with Crippen LogP contribution in [0.1, 0.15) is 36.4 Å². The molecule has 0 aromatic carbocycles. The van der Waals surface area contributed by atoms with Gasteiger partial charge < -0.3 is 10.1 Å². The minimum absolute atomic E-state index is 0.482. The van der Waals surface area contributed by atoms with Crippen LogP contribution in [0.3, 0.4) is 0 Å². The van der Waals surface area contributed by atoms with Crippen LogP contribution in [-0.4, -0.2) is 18.6 Å². The molecule has 1 atom stereocenters. The smallest absolute Gasteiger partial charge is 0.215 e. The Morgan fingerprint density at radius 3 is 2.93 bits per heavy atom. The molecule has 0 saturated carbocycles. The van der Waals surface area contributed by atoms with Crippen LogP contribution in [0, 0.1) is 6.92 Å². The summed E-state index contributed by atoms with van der Waals surface area (Å²) in [5, 5.41) is 3.52. The molecule has 2 rings (SSSR count). The Hall–Kier alpha value is -1.09. The van der Waals surface area contributed by atoms with E-state index < -0.39 is 0 Å². The minimum Gasteiger partial charge on any atom is -0.481 e. The van der Waals surface area contributed by atoms with Crippen molar-refractivity contribution in [1.82, 2.24) is 10.3 Å². The molecule has 1 aromatic heterocycles. The molecule has 3 nitrogen and oxygen atoms in total. The second-order valence-electron chi connectivity index (χ2n) is 4.10. The molecule has 0 aliphatic carbocycles. The number of aryl methyl sites for hydroxylation is 1. The molecule has 2 heterocycles.